The number of unbranched alkanes of at least 4 members (excludes halogenated alkanes) is 21. The predicted octanol–water partition coefficient (Wildman–Crippen LogP) is 13.1. The number of amides is 1. The number of allylic oxidation sites excluding steroid dienone is 10. The number of rotatable bonds is 45. The maximum Gasteiger partial charge on any atom is 0.472 e. The molecule has 358 valence electrons. The molecular weight excluding hydrogens is 806 g/mol. The molecule has 0 rings (SSSR count). The standard InChI is InChI=1S/C50H88NO10P/c1-3-5-7-9-11-13-15-17-19-21-22-23-24-26-28-30-32-34-36-38-40-42-49(54)59-43-46(52)44-60-62(57,58)61-45-47(50(55)56)51-48(53)41-39-37-35-33-31-29-27-25-20-18-16-14-12-10-8-6-4-2/h5,7,11,13,17,19,22-23,26,28,46-47,52H,3-4,6,8-10,12,14-16,18,20-21,24-25,27,29-45H2,1-2H3,(H,51,53)(H,55,56)(H,57,58)/b7-5-,13-11-,19-17-,23-22-,28-26-. The Balaban J connectivity index is 3.88. The van der Waals surface area contributed by atoms with Crippen LogP contribution in [0.3, 0.4) is 0 Å². The van der Waals surface area contributed by atoms with E-state index in [-0.39, 0.29) is 12.8 Å². The van der Waals surface area contributed by atoms with Gasteiger partial charge in [0.1, 0.15) is 12.7 Å². The minimum Gasteiger partial charge on any atom is -0.480 e. The lowest BCUT2D eigenvalue weighted by molar-refractivity contribution is -0.147. The Morgan fingerprint density at radius 2 is 0.935 bits per heavy atom. The van der Waals surface area contributed by atoms with E-state index < -0.39 is 57.6 Å². The molecule has 0 spiro atoms. The zero-order chi connectivity index (χ0) is 45.6. The quantitative estimate of drug-likeness (QED) is 0.0200. The van der Waals surface area contributed by atoms with Crippen molar-refractivity contribution in [1.82, 2.24) is 5.32 Å². The van der Waals surface area contributed by atoms with Crippen molar-refractivity contribution in [2.45, 2.75) is 219 Å². The highest BCUT2D eigenvalue weighted by Gasteiger charge is 2.28. The monoisotopic (exact) mass is 894 g/mol. The zero-order valence-corrected chi connectivity index (χ0v) is 39.8. The summed E-state index contributed by atoms with van der Waals surface area (Å²) in [5.41, 5.74) is 0. The molecule has 0 aromatic rings. The van der Waals surface area contributed by atoms with Gasteiger partial charge in [0.2, 0.25) is 5.91 Å². The first-order valence-corrected chi connectivity index (χ1v) is 25.8. The third-order valence-corrected chi connectivity index (χ3v) is 11.3. The second-order valence-electron chi connectivity index (χ2n) is 16.3. The van der Waals surface area contributed by atoms with E-state index in [4.69, 9.17) is 13.8 Å². The van der Waals surface area contributed by atoms with E-state index in [9.17, 15) is 34.1 Å². The number of esters is 1. The molecule has 0 radical (unpaired) electrons. The van der Waals surface area contributed by atoms with Crippen LogP contribution in [0, 0.1) is 0 Å². The highest BCUT2D eigenvalue weighted by atomic mass is 31.2. The average molecular weight is 894 g/mol. The zero-order valence-electron chi connectivity index (χ0n) is 38.9. The SMILES string of the molecule is CC/C=C\C/C=C\C/C=C\C/C=C\C/C=C\CCCCCCCC(=O)OCC(O)COP(=O)(O)OCC(NC(=O)CCCCCCCCCCCCCCCCCCC)C(=O)O. The molecule has 3 unspecified atom stereocenters. The average Bonchev–Trinajstić information content (AvgIpc) is 3.25. The molecule has 4 N–H and O–H groups in total. The fourth-order valence-electron chi connectivity index (χ4n) is 6.58. The highest BCUT2D eigenvalue weighted by Crippen LogP contribution is 2.43. The Morgan fingerprint density at radius 1 is 0.532 bits per heavy atom. The molecule has 0 aliphatic rings. The van der Waals surface area contributed by atoms with E-state index in [1.807, 2.05) is 0 Å². The van der Waals surface area contributed by atoms with Crippen LogP contribution in [-0.2, 0) is 32.7 Å². The van der Waals surface area contributed by atoms with Gasteiger partial charge in [-0.05, 0) is 57.8 Å². The summed E-state index contributed by atoms with van der Waals surface area (Å²) in [6.07, 6.45) is 52.4. The van der Waals surface area contributed by atoms with Crippen LogP contribution in [0.25, 0.3) is 0 Å². The third kappa shape index (κ3) is 43.8. The van der Waals surface area contributed by atoms with Crippen molar-refractivity contribution in [3.63, 3.8) is 0 Å². The van der Waals surface area contributed by atoms with Crippen molar-refractivity contribution in [3.05, 3.63) is 60.8 Å². The maximum absolute atomic E-state index is 12.3. The van der Waals surface area contributed by atoms with Gasteiger partial charge in [-0.3, -0.25) is 18.6 Å². The Labute approximate surface area is 376 Å². The Hall–Kier alpha value is -2.82. The summed E-state index contributed by atoms with van der Waals surface area (Å²) in [4.78, 5) is 46.1. The summed E-state index contributed by atoms with van der Waals surface area (Å²) >= 11 is 0. The van der Waals surface area contributed by atoms with Crippen molar-refractivity contribution < 1.29 is 47.8 Å². The third-order valence-electron chi connectivity index (χ3n) is 10.3. The number of aliphatic hydroxyl groups is 1. The normalized spacial score (nSPS) is 14.1. The van der Waals surface area contributed by atoms with Gasteiger partial charge >= 0.3 is 19.8 Å². The van der Waals surface area contributed by atoms with Crippen LogP contribution in [0.2, 0.25) is 0 Å². The molecule has 12 heteroatoms. The molecule has 62 heavy (non-hydrogen) atoms. The summed E-state index contributed by atoms with van der Waals surface area (Å²) in [5, 5.41) is 21.9. The van der Waals surface area contributed by atoms with E-state index >= 15 is 0 Å². The number of carboxylic acid groups (broad SMARTS) is 1. The molecule has 0 bridgehead atoms. The molecule has 0 aromatic heterocycles. The van der Waals surface area contributed by atoms with Crippen LogP contribution < -0.4 is 5.32 Å². The first-order valence-electron chi connectivity index (χ1n) is 24.3. The summed E-state index contributed by atoms with van der Waals surface area (Å²) in [6.45, 7) is 2.48. The summed E-state index contributed by atoms with van der Waals surface area (Å²) in [6, 6.07) is -1.55. The van der Waals surface area contributed by atoms with Gasteiger partial charge < -0.3 is 25.2 Å². The molecule has 11 nitrogen and oxygen atoms in total. The molecule has 0 aromatic carbocycles. The number of phosphoric ester groups is 1. The fourth-order valence-corrected chi connectivity index (χ4v) is 7.35. The van der Waals surface area contributed by atoms with Gasteiger partial charge in [-0.25, -0.2) is 9.36 Å². The van der Waals surface area contributed by atoms with Crippen LogP contribution in [0.15, 0.2) is 60.8 Å². The summed E-state index contributed by atoms with van der Waals surface area (Å²) < 4.78 is 26.9. The molecule has 0 saturated carbocycles. The van der Waals surface area contributed by atoms with Gasteiger partial charge in [0.15, 0.2) is 6.04 Å². The number of phosphoric acid groups is 1. The largest absolute Gasteiger partial charge is 0.480 e. The molecule has 0 aliphatic heterocycles. The van der Waals surface area contributed by atoms with Crippen molar-refractivity contribution >= 4 is 25.7 Å². The van der Waals surface area contributed by atoms with Crippen molar-refractivity contribution in [2.75, 3.05) is 19.8 Å². The van der Waals surface area contributed by atoms with Crippen molar-refractivity contribution in [1.29, 1.82) is 0 Å². The molecule has 3 atom stereocenters. The van der Waals surface area contributed by atoms with Crippen LogP contribution in [0.4, 0.5) is 0 Å². The minimum absolute atomic E-state index is 0.146. The lowest BCUT2D eigenvalue weighted by Crippen LogP contribution is -2.43. The Morgan fingerprint density at radius 3 is 1.40 bits per heavy atom. The summed E-state index contributed by atoms with van der Waals surface area (Å²) in [7, 11) is -4.77. The van der Waals surface area contributed by atoms with E-state index in [0.29, 0.717) is 12.8 Å². The van der Waals surface area contributed by atoms with Gasteiger partial charge in [-0.1, -0.05) is 197 Å². The lowest BCUT2D eigenvalue weighted by Gasteiger charge is -2.18. The van der Waals surface area contributed by atoms with Gasteiger partial charge in [-0.15, -0.1) is 0 Å². The van der Waals surface area contributed by atoms with Crippen LogP contribution in [0.5, 0.6) is 0 Å². The van der Waals surface area contributed by atoms with Gasteiger partial charge in [0.25, 0.3) is 0 Å². The molecule has 1 amide bonds. The van der Waals surface area contributed by atoms with Crippen LogP contribution in [0.1, 0.15) is 206 Å². The molecule has 0 heterocycles. The lowest BCUT2D eigenvalue weighted by atomic mass is 10.0. The van der Waals surface area contributed by atoms with E-state index in [2.05, 4.69) is 79.9 Å². The minimum atomic E-state index is -4.77. The number of hydrogen-bond acceptors (Lipinski definition) is 8. The van der Waals surface area contributed by atoms with Crippen molar-refractivity contribution in [2.24, 2.45) is 0 Å². The van der Waals surface area contributed by atoms with Crippen LogP contribution in [-0.4, -0.2) is 64.9 Å². The van der Waals surface area contributed by atoms with Gasteiger partial charge in [-0.2, -0.15) is 0 Å². The topological polar surface area (TPSA) is 169 Å². The van der Waals surface area contributed by atoms with E-state index in [0.717, 1.165) is 83.5 Å². The number of carboxylic acids is 1. The van der Waals surface area contributed by atoms with Gasteiger partial charge in [0, 0.05) is 12.8 Å². The van der Waals surface area contributed by atoms with E-state index in [1.54, 1.807) is 0 Å². The first-order chi connectivity index (χ1) is 30.1. The maximum atomic E-state index is 12.3. The number of hydrogen-bond donors (Lipinski definition) is 4. The summed E-state index contributed by atoms with van der Waals surface area (Å²) in [5.74, 6) is -2.39. The molecule has 0 fully saturated rings. The second kappa shape index (κ2) is 44.8. The predicted molar refractivity (Wildman–Crippen MR) is 254 cm³/mol. The number of nitrogens with one attached hydrogen (secondary N) is 1. The Kier molecular flexibility index (Phi) is 42.7. The number of carbonyl (C=O) groups is 3. The first kappa shape index (κ1) is 59.2. The molecule has 0 aliphatic carbocycles. The van der Waals surface area contributed by atoms with Crippen LogP contribution >= 0.6 is 7.82 Å². The highest BCUT2D eigenvalue weighted by molar-refractivity contribution is 7.47. The number of carbonyl (C=O) groups excluding carboxylic acids is 2. The van der Waals surface area contributed by atoms with Gasteiger partial charge in [0.05, 0.1) is 13.2 Å². The fraction of sp³-hybridized carbons (Fsp3) is 0.740. The van der Waals surface area contributed by atoms with Crippen molar-refractivity contribution in [3.8, 4) is 0 Å². The number of aliphatic carboxylic acids is 1. The number of aliphatic hydroxyl groups excluding tert-OH is 1. The second-order valence-corrected chi connectivity index (χ2v) is 17.7. The van der Waals surface area contributed by atoms with E-state index in [1.165, 1.54) is 83.5 Å². The smallest absolute Gasteiger partial charge is 0.472 e. The molecular formula is C50H88NO10P. The molecule has 0 saturated heterocycles. The number of ether oxygens (including phenoxy) is 1. The Bertz CT molecular complexity index is 1280.